The molecule has 0 aliphatic carbocycles. The SMILES string of the molecule is O=C(O)CCC1Cc2cc(C(F)(F)F)ccc2O1. The van der Waals surface area contributed by atoms with Crippen molar-refractivity contribution in [3.8, 4) is 5.75 Å². The fourth-order valence-corrected chi connectivity index (χ4v) is 1.94. The summed E-state index contributed by atoms with van der Waals surface area (Å²) in [4.78, 5) is 10.4. The fourth-order valence-electron chi connectivity index (χ4n) is 1.94. The monoisotopic (exact) mass is 260 g/mol. The van der Waals surface area contributed by atoms with Crippen LogP contribution >= 0.6 is 0 Å². The molecule has 1 aromatic carbocycles. The number of alkyl halides is 3. The Labute approximate surface area is 101 Å². The Bertz CT molecular complexity index is 468. The molecule has 1 N–H and O–H groups in total. The first kappa shape index (κ1) is 12.7. The van der Waals surface area contributed by atoms with Crippen molar-refractivity contribution < 1.29 is 27.8 Å². The van der Waals surface area contributed by atoms with Crippen LogP contribution < -0.4 is 4.74 Å². The second kappa shape index (κ2) is 4.51. The normalized spacial score (nSPS) is 18.3. The molecule has 6 heteroatoms. The highest BCUT2D eigenvalue weighted by Crippen LogP contribution is 2.36. The number of rotatable bonds is 3. The second-order valence-corrected chi connectivity index (χ2v) is 4.20. The smallest absolute Gasteiger partial charge is 0.416 e. The van der Waals surface area contributed by atoms with Crippen LogP contribution in [-0.2, 0) is 17.4 Å². The second-order valence-electron chi connectivity index (χ2n) is 4.20. The van der Waals surface area contributed by atoms with Crippen LogP contribution in [0.4, 0.5) is 13.2 Å². The molecule has 98 valence electrons. The quantitative estimate of drug-likeness (QED) is 0.909. The number of carbonyl (C=O) groups is 1. The average Bonchev–Trinajstić information content (AvgIpc) is 2.66. The van der Waals surface area contributed by atoms with Crippen LogP contribution in [0.3, 0.4) is 0 Å². The topological polar surface area (TPSA) is 46.5 Å². The van der Waals surface area contributed by atoms with Crippen LogP contribution in [0, 0.1) is 0 Å². The van der Waals surface area contributed by atoms with Gasteiger partial charge in [0.2, 0.25) is 0 Å². The van der Waals surface area contributed by atoms with Crippen molar-refractivity contribution in [2.24, 2.45) is 0 Å². The van der Waals surface area contributed by atoms with Crippen LogP contribution in [0.15, 0.2) is 18.2 Å². The number of fused-ring (bicyclic) bond motifs is 1. The van der Waals surface area contributed by atoms with Gasteiger partial charge in [0.05, 0.1) is 5.56 Å². The van der Waals surface area contributed by atoms with Gasteiger partial charge < -0.3 is 9.84 Å². The summed E-state index contributed by atoms with van der Waals surface area (Å²) in [5, 5.41) is 8.54. The Kier molecular flexibility index (Phi) is 3.19. The van der Waals surface area contributed by atoms with E-state index in [1.165, 1.54) is 6.07 Å². The molecule has 1 aromatic rings. The van der Waals surface area contributed by atoms with E-state index in [0.29, 0.717) is 24.2 Å². The zero-order valence-corrected chi connectivity index (χ0v) is 9.33. The summed E-state index contributed by atoms with van der Waals surface area (Å²) >= 11 is 0. The minimum absolute atomic E-state index is 0.0508. The van der Waals surface area contributed by atoms with Crippen LogP contribution in [0.25, 0.3) is 0 Å². The Hall–Kier alpha value is -1.72. The Morgan fingerprint density at radius 3 is 2.78 bits per heavy atom. The zero-order chi connectivity index (χ0) is 13.3. The summed E-state index contributed by atoms with van der Waals surface area (Å²) in [5.41, 5.74) is -0.219. The van der Waals surface area contributed by atoms with E-state index in [9.17, 15) is 18.0 Å². The molecule has 1 aliphatic heterocycles. The molecule has 3 nitrogen and oxygen atoms in total. The highest BCUT2D eigenvalue weighted by molar-refractivity contribution is 5.66. The maximum absolute atomic E-state index is 12.5. The number of ether oxygens (including phenoxy) is 1. The summed E-state index contributed by atoms with van der Waals surface area (Å²) in [6.07, 6.45) is -4.14. The van der Waals surface area contributed by atoms with Crippen LogP contribution in [0.5, 0.6) is 5.75 Å². The van der Waals surface area contributed by atoms with E-state index in [2.05, 4.69) is 0 Å². The molecule has 0 spiro atoms. The van der Waals surface area contributed by atoms with Gasteiger partial charge in [-0.2, -0.15) is 13.2 Å². The first-order valence-electron chi connectivity index (χ1n) is 5.45. The largest absolute Gasteiger partial charge is 0.490 e. The van der Waals surface area contributed by atoms with E-state index in [-0.39, 0.29) is 12.5 Å². The van der Waals surface area contributed by atoms with Crippen molar-refractivity contribution in [2.75, 3.05) is 0 Å². The molecule has 0 amide bonds. The van der Waals surface area contributed by atoms with Crippen molar-refractivity contribution in [3.63, 3.8) is 0 Å². The van der Waals surface area contributed by atoms with Gasteiger partial charge in [0, 0.05) is 12.8 Å². The van der Waals surface area contributed by atoms with Gasteiger partial charge in [-0.05, 0) is 30.2 Å². The number of hydrogen-bond donors (Lipinski definition) is 1. The third-order valence-electron chi connectivity index (χ3n) is 2.81. The van der Waals surface area contributed by atoms with Crippen molar-refractivity contribution in [2.45, 2.75) is 31.5 Å². The number of carboxylic acid groups (broad SMARTS) is 1. The van der Waals surface area contributed by atoms with E-state index >= 15 is 0 Å². The van der Waals surface area contributed by atoms with Gasteiger partial charge in [-0.15, -0.1) is 0 Å². The Balaban J connectivity index is 2.08. The molecule has 0 aromatic heterocycles. The number of carboxylic acids is 1. The van der Waals surface area contributed by atoms with E-state index in [4.69, 9.17) is 9.84 Å². The van der Waals surface area contributed by atoms with Gasteiger partial charge in [0.25, 0.3) is 0 Å². The molecule has 2 rings (SSSR count). The fraction of sp³-hybridized carbons (Fsp3) is 0.417. The lowest BCUT2D eigenvalue weighted by atomic mass is 10.0. The third kappa shape index (κ3) is 2.75. The van der Waals surface area contributed by atoms with Gasteiger partial charge in [-0.25, -0.2) is 0 Å². The van der Waals surface area contributed by atoms with E-state index in [1.807, 2.05) is 0 Å². The predicted molar refractivity (Wildman–Crippen MR) is 56.4 cm³/mol. The summed E-state index contributed by atoms with van der Waals surface area (Å²) in [6.45, 7) is 0. The molecule has 0 fully saturated rings. The van der Waals surface area contributed by atoms with Gasteiger partial charge in [0.1, 0.15) is 11.9 Å². The first-order chi connectivity index (χ1) is 8.36. The lowest BCUT2D eigenvalue weighted by Gasteiger charge is -2.08. The molecule has 1 unspecified atom stereocenters. The zero-order valence-electron chi connectivity index (χ0n) is 9.33. The molecular formula is C12H11F3O3. The summed E-state index contributed by atoms with van der Waals surface area (Å²) in [7, 11) is 0. The van der Waals surface area contributed by atoms with Gasteiger partial charge in [0.15, 0.2) is 0 Å². The number of benzene rings is 1. The molecule has 0 saturated carbocycles. The van der Waals surface area contributed by atoms with Gasteiger partial charge in [-0.1, -0.05) is 0 Å². The molecular weight excluding hydrogens is 249 g/mol. The van der Waals surface area contributed by atoms with Crippen LogP contribution in [0.1, 0.15) is 24.0 Å². The summed E-state index contributed by atoms with van der Waals surface area (Å²) in [6, 6.07) is 3.33. The standard InChI is InChI=1S/C12H11F3O3/c13-12(14,15)8-1-3-10-7(5-8)6-9(18-10)2-4-11(16)17/h1,3,5,9H,2,4,6H2,(H,16,17). The van der Waals surface area contributed by atoms with Crippen molar-refractivity contribution in [3.05, 3.63) is 29.3 Å². The van der Waals surface area contributed by atoms with E-state index in [0.717, 1.165) is 12.1 Å². The van der Waals surface area contributed by atoms with Crippen molar-refractivity contribution in [1.82, 2.24) is 0 Å². The summed E-state index contributed by atoms with van der Waals surface area (Å²) in [5.74, 6) is -0.524. The maximum Gasteiger partial charge on any atom is 0.416 e. The third-order valence-corrected chi connectivity index (χ3v) is 2.81. The van der Waals surface area contributed by atoms with Gasteiger partial charge >= 0.3 is 12.1 Å². The maximum atomic E-state index is 12.5. The van der Waals surface area contributed by atoms with Gasteiger partial charge in [-0.3, -0.25) is 4.79 Å². The lowest BCUT2D eigenvalue weighted by molar-refractivity contribution is -0.138. The minimum atomic E-state index is -4.37. The molecule has 1 heterocycles. The highest BCUT2D eigenvalue weighted by atomic mass is 19.4. The van der Waals surface area contributed by atoms with Crippen LogP contribution in [-0.4, -0.2) is 17.2 Å². The lowest BCUT2D eigenvalue weighted by Crippen LogP contribution is -2.14. The molecule has 0 bridgehead atoms. The van der Waals surface area contributed by atoms with Crippen molar-refractivity contribution in [1.29, 1.82) is 0 Å². The number of hydrogen-bond acceptors (Lipinski definition) is 2. The van der Waals surface area contributed by atoms with Crippen LogP contribution in [0.2, 0.25) is 0 Å². The minimum Gasteiger partial charge on any atom is -0.490 e. The average molecular weight is 260 g/mol. The van der Waals surface area contributed by atoms with E-state index < -0.39 is 17.7 Å². The molecule has 18 heavy (non-hydrogen) atoms. The molecule has 1 aliphatic rings. The Morgan fingerprint density at radius 2 is 2.17 bits per heavy atom. The first-order valence-corrected chi connectivity index (χ1v) is 5.45. The number of halogens is 3. The molecule has 0 radical (unpaired) electrons. The van der Waals surface area contributed by atoms with Crippen molar-refractivity contribution >= 4 is 5.97 Å². The van der Waals surface area contributed by atoms with E-state index in [1.54, 1.807) is 0 Å². The predicted octanol–water partition coefficient (Wildman–Crippen LogP) is 2.87. The molecule has 0 saturated heterocycles. The Morgan fingerprint density at radius 1 is 1.44 bits per heavy atom. The summed E-state index contributed by atoms with van der Waals surface area (Å²) < 4.78 is 42.9. The number of aliphatic carboxylic acids is 1. The molecule has 1 atom stereocenters. The highest BCUT2D eigenvalue weighted by Gasteiger charge is 2.33.